The van der Waals surface area contributed by atoms with Crippen LogP contribution in [0, 0.1) is 5.92 Å². The number of amides is 4. The molecule has 1 aromatic carbocycles. The fourth-order valence-electron chi connectivity index (χ4n) is 4.32. The first-order chi connectivity index (χ1) is 13.9. The molecule has 1 aromatic rings. The van der Waals surface area contributed by atoms with Crippen molar-refractivity contribution in [1.82, 2.24) is 15.5 Å². The lowest BCUT2D eigenvalue weighted by Gasteiger charge is -2.30. The van der Waals surface area contributed by atoms with Gasteiger partial charge in [-0.05, 0) is 43.4 Å². The van der Waals surface area contributed by atoms with Gasteiger partial charge in [0, 0.05) is 6.04 Å². The van der Waals surface area contributed by atoms with Gasteiger partial charge >= 0.3 is 6.03 Å². The molecule has 1 saturated heterocycles. The molecule has 0 radical (unpaired) electrons. The third-order valence-corrected chi connectivity index (χ3v) is 6.15. The molecule has 29 heavy (non-hydrogen) atoms. The molecule has 1 saturated carbocycles. The molecule has 0 spiro atoms. The Hall–Kier alpha value is -2.77. The Bertz CT molecular complexity index is 842. The minimum atomic E-state index is -1.26. The molecule has 0 bridgehead atoms. The van der Waals surface area contributed by atoms with Crippen molar-refractivity contribution in [3.05, 3.63) is 23.8 Å². The van der Waals surface area contributed by atoms with E-state index in [1.54, 1.807) is 25.1 Å². The van der Waals surface area contributed by atoms with Gasteiger partial charge in [0.2, 0.25) is 5.91 Å². The van der Waals surface area contributed by atoms with E-state index in [1.165, 1.54) is 6.42 Å². The van der Waals surface area contributed by atoms with Gasteiger partial charge in [-0.2, -0.15) is 0 Å². The van der Waals surface area contributed by atoms with E-state index in [-0.39, 0.29) is 18.5 Å². The van der Waals surface area contributed by atoms with E-state index in [1.807, 2.05) is 0 Å². The highest BCUT2D eigenvalue weighted by atomic mass is 16.6. The molecule has 2 N–H and O–H groups in total. The van der Waals surface area contributed by atoms with Crippen LogP contribution in [0.3, 0.4) is 0 Å². The van der Waals surface area contributed by atoms with Gasteiger partial charge < -0.3 is 20.1 Å². The zero-order valence-electron chi connectivity index (χ0n) is 16.8. The van der Waals surface area contributed by atoms with Crippen molar-refractivity contribution in [2.75, 3.05) is 19.8 Å². The van der Waals surface area contributed by atoms with Crippen LogP contribution in [-0.4, -0.2) is 48.5 Å². The third-order valence-electron chi connectivity index (χ3n) is 6.15. The van der Waals surface area contributed by atoms with E-state index < -0.39 is 17.5 Å². The van der Waals surface area contributed by atoms with Crippen LogP contribution in [0.4, 0.5) is 4.79 Å². The van der Waals surface area contributed by atoms with Crippen LogP contribution in [0.15, 0.2) is 18.2 Å². The molecular weight excluding hydrogens is 374 g/mol. The summed E-state index contributed by atoms with van der Waals surface area (Å²) in [7, 11) is 0. The topological polar surface area (TPSA) is 97.0 Å². The Morgan fingerprint density at radius 1 is 1.21 bits per heavy atom. The van der Waals surface area contributed by atoms with E-state index >= 15 is 0 Å². The molecule has 4 amide bonds. The fourth-order valence-corrected chi connectivity index (χ4v) is 4.32. The molecule has 2 aliphatic heterocycles. The van der Waals surface area contributed by atoms with Gasteiger partial charge in [0.15, 0.2) is 11.5 Å². The van der Waals surface area contributed by atoms with Crippen molar-refractivity contribution in [2.45, 2.75) is 51.1 Å². The van der Waals surface area contributed by atoms with Crippen molar-refractivity contribution in [3.63, 3.8) is 0 Å². The van der Waals surface area contributed by atoms with Crippen molar-refractivity contribution in [1.29, 1.82) is 0 Å². The Kier molecular flexibility index (Phi) is 5.10. The predicted molar refractivity (Wildman–Crippen MR) is 105 cm³/mol. The Balaban J connectivity index is 1.47. The van der Waals surface area contributed by atoms with E-state index in [4.69, 9.17) is 9.47 Å². The fraction of sp³-hybridized carbons (Fsp3) is 0.571. The van der Waals surface area contributed by atoms with Crippen molar-refractivity contribution in [3.8, 4) is 11.5 Å². The number of imide groups is 1. The maximum atomic E-state index is 13.1. The number of carbonyl (C=O) groups is 3. The van der Waals surface area contributed by atoms with Gasteiger partial charge in [-0.3, -0.25) is 14.5 Å². The number of hydrogen-bond acceptors (Lipinski definition) is 5. The smallest absolute Gasteiger partial charge is 0.325 e. The van der Waals surface area contributed by atoms with Crippen molar-refractivity contribution < 1.29 is 23.9 Å². The Labute approximate surface area is 169 Å². The highest BCUT2D eigenvalue weighted by molar-refractivity contribution is 6.09. The summed E-state index contributed by atoms with van der Waals surface area (Å²) in [5.74, 6) is 0.793. The van der Waals surface area contributed by atoms with Gasteiger partial charge in [0.25, 0.3) is 5.91 Å². The number of hydrogen-bond donors (Lipinski definition) is 2. The highest BCUT2D eigenvalue weighted by Gasteiger charge is 2.50. The molecule has 2 fully saturated rings. The molecule has 3 aliphatic rings. The number of nitrogens with zero attached hydrogens (tertiary/aromatic N) is 1. The SMILES string of the molecule is C[C@@H]1CCCC[C@@H]1NC(=O)CN1C(=O)N[C@](C)(c2ccc3c(c2)OCCO3)C1=O. The lowest BCUT2D eigenvalue weighted by Crippen LogP contribution is -2.47. The normalized spacial score (nSPS) is 28.8. The summed E-state index contributed by atoms with van der Waals surface area (Å²) in [5.41, 5.74) is -0.672. The van der Waals surface area contributed by atoms with E-state index in [0.717, 1.165) is 24.2 Å². The average Bonchev–Trinajstić information content (AvgIpc) is 2.93. The molecule has 156 valence electrons. The summed E-state index contributed by atoms with van der Waals surface area (Å²) in [4.78, 5) is 39.1. The number of nitrogens with one attached hydrogen (secondary N) is 2. The molecular formula is C21H27N3O5. The third kappa shape index (κ3) is 3.63. The van der Waals surface area contributed by atoms with Crippen LogP contribution in [0.2, 0.25) is 0 Å². The standard InChI is InChI=1S/C21H27N3O5/c1-13-5-3-4-6-15(13)22-18(25)12-24-19(26)21(2,23-20(24)27)14-7-8-16-17(11-14)29-10-9-28-16/h7-8,11,13,15H,3-6,9-10,12H2,1-2H3,(H,22,25)(H,23,27)/t13-,15+,21-/m1/s1. The van der Waals surface area contributed by atoms with Crippen LogP contribution in [0.5, 0.6) is 11.5 Å². The number of carbonyl (C=O) groups excluding carboxylic acids is 3. The zero-order valence-corrected chi connectivity index (χ0v) is 16.8. The number of urea groups is 1. The first-order valence-corrected chi connectivity index (χ1v) is 10.2. The lowest BCUT2D eigenvalue weighted by molar-refractivity contribution is -0.135. The molecule has 2 heterocycles. The predicted octanol–water partition coefficient (Wildman–Crippen LogP) is 1.92. The summed E-state index contributed by atoms with van der Waals surface area (Å²) in [6.07, 6.45) is 4.27. The van der Waals surface area contributed by atoms with Gasteiger partial charge in [0.1, 0.15) is 25.3 Å². The van der Waals surface area contributed by atoms with Crippen LogP contribution in [0.1, 0.15) is 45.1 Å². The van der Waals surface area contributed by atoms with Gasteiger partial charge in [-0.25, -0.2) is 4.79 Å². The zero-order chi connectivity index (χ0) is 20.6. The second kappa shape index (κ2) is 7.57. The first-order valence-electron chi connectivity index (χ1n) is 10.2. The minimum absolute atomic E-state index is 0.0983. The summed E-state index contributed by atoms with van der Waals surface area (Å²) in [6.45, 7) is 4.38. The second-order valence-corrected chi connectivity index (χ2v) is 8.24. The molecule has 0 aromatic heterocycles. The maximum Gasteiger partial charge on any atom is 0.325 e. The number of fused-ring (bicyclic) bond motifs is 1. The summed E-state index contributed by atoms with van der Waals surface area (Å²) < 4.78 is 11.1. The number of ether oxygens (including phenoxy) is 2. The molecule has 3 atom stereocenters. The maximum absolute atomic E-state index is 13.1. The number of benzene rings is 1. The highest BCUT2D eigenvalue weighted by Crippen LogP contribution is 2.36. The van der Waals surface area contributed by atoms with Crippen LogP contribution in [-0.2, 0) is 15.1 Å². The van der Waals surface area contributed by atoms with Crippen LogP contribution in [0.25, 0.3) is 0 Å². The van der Waals surface area contributed by atoms with Crippen LogP contribution < -0.4 is 20.1 Å². The van der Waals surface area contributed by atoms with E-state index in [2.05, 4.69) is 17.6 Å². The summed E-state index contributed by atoms with van der Waals surface area (Å²) in [6, 6.07) is 4.70. The first kappa shape index (κ1) is 19.5. The molecule has 1 aliphatic carbocycles. The van der Waals surface area contributed by atoms with Gasteiger partial charge in [-0.1, -0.05) is 25.8 Å². The molecule has 4 rings (SSSR count). The van der Waals surface area contributed by atoms with E-state index in [9.17, 15) is 14.4 Å². The van der Waals surface area contributed by atoms with E-state index in [0.29, 0.717) is 36.2 Å². The number of rotatable bonds is 4. The Morgan fingerprint density at radius 3 is 2.69 bits per heavy atom. The lowest BCUT2D eigenvalue weighted by atomic mass is 9.86. The Morgan fingerprint density at radius 2 is 1.93 bits per heavy atom. The quantitative estimate of drug-likeness (QED) is 0.752. The monoisotopic (exact) mass is 401 g/mol. The second-order valence-electron chi connectivity index (χ2n) is 8.24. The van der Waals surface area contributed by atoms with Gasteiger partial charge in [-0.15, -0.1) is 0 Å². The van der Waals surface area contributed by atoms with Gasteiger partial charge in [0.05, 0.1) is 0 Å². The van der Waals surface area contributed by atoms with Crippen LogP contribution >= 0.6 is 0 Å². The molecule has 8 nitrogen and oxygen atoms in total. The minimum Gasteiger partial charge on any atom is -0.486 e. The molecule has 0 unspecified atom stereocenters. The van der Waals surface area contributed by atoms with Crippen molar-refractivity contribution >= 4 is 17.8 Å². The molecule has 8 heteroatoms. The largest absolute Gasteiger partial charge is 0.486 e. The van der Waals surface area contributed by atoms with Crippen molar-refractivity contribution in [2.24, 2.45) is 5.92 Å². The summed E-state index contributed by atoms with van der Waals surface area (Å²) in [5, 5.41) is 5.73. The summed E-state index contributed by atoms with van der Waals surface area (Å²) >= 11 is 0. The average molecular weight is 401 g/mol.